The van der Waals surface area contributed by atoms with Crippen LogP contribution >= 0.6 is 0 Å². The van der Waals surface area contributed by atoms with Crippen LogP contribution in [0.2, 0.25) is 0 Å². The molecule has 12 nitrogen and oxygen atoms in total. The Morgan fingerprint density at radius 1 is 1.00 bits per heavy atom. The average Bonchev–Trinajstić information content (AvgIpc) is 2.65. The third kappa shape index (κ3) is 9.85. The van der Waals surface area contributed by atoms with E-state index in [4.69, 9.17) is 15.9 Å². The van der Waals surface area contributed by atoms with Crippen molar-refractivity contribution in [3.8, 4) is 0 Å². The van der Waals surface area contributed by atoms with Crippen LogP contribution in [0.15, 0.2) is 0 Å². The summed E-state index contributed by atoms with van der Waals surface area (Å²) in [6.45, 7) is 4.25. The molecule has 0 heterocycles. The number of aliphatic carboxylic acids is 2. The van der Waals surface area contributed by atoms with Crippen molar-refractivity contribution in [2.75, 3.05) is 6.54 Å². The van der Waals surface area contributed by atoms with E-state index in [9.17, 15) is 29.1 Å². The highest BCUT2D eigenvalue weighted by atomic mass is 16.4. The van der Waals surface area contributed by atoms with Crippen molar-refractivity contribution in [3.05, 3.63) is 0 Å². The van der Waals surface area contributed by atoms with Gasteiger partial charge in [-0.15, -0.1) is 0 Å². The van der Waals surface area contributed by atoms with Crippen molar-refractivity contribution in [1.29, 1.82) is 0 Å². The fraction of sp³-hybridized carbons (Fsp3) is 0.706. The number of aliphatic hydroxyl groups is 1. The highest BCUT2D eigenvalue weighted by Crippen LogP contribution is 2.08. The standard InChI is InChI=1S/C17H30N4O8/c1-4-8(2)14(21-15(26)13(18)9(3)22)16(27)19-7-11(23)20-10(17(28)29)5-6-12(24)25/h8-10,13-14,22H,4-7,18H2,1-3H3,(H,19,27)(H,20,23)(H,21,26)(H,24,25)(H,28,29). The first kappa shape index (κ1) is 26.3. The van der Waals surface area contributed by atoms with Crippen LogP contribution in [-0.4, -0.2) is 75.8 Å². The molecule has 0 aliphatic heterocycles. The molecule has 0 aromatic rings. The van der Waals surface area contributed by atoms with Crippen LogP contribution in [0.4, 0.5) is 0 Å². The molecule has 0 aromatic carbocycles. The van der Waals surface area contributed by atoms with Crippen LogP contribution in [0.25, 0.3) is 0 Å². The monoisotopic (exact) mass is 418 g/mol. The fourth-order valence-corrected chi connectivity index (χ4v) is 2.22. The number of carbonyl (C=O) groups is 5. The Kier molecular flexibility index (Phi) is 11.5. The summed E-state index contributed by atoms with van der Waals surface area (Å²) >= 11 is 0. The Balaban J connectivity index is 4.88. The Hall–Kier alpha value is -2.73. The highest BCUT2D eigenvalue weighted by Gasteiger charge is 2.29. The van der Waals surface area contributed by atoms with Gasteiger partial charge >= 0.3 is 11.9 Å². The van der Waals surface area contributed by atoms with Crippen molar-refractivity contribution in [3.63, 3.8) is 0 Å². The van der Waals surface area contributed by atoms with E-state index < -0.39 is 66.9 Å². The summed E-state index contributed by atoms with van der Waals surface area (Å²) in [7, 11) is 0. The van der Waals surface area contributed by atoms with Gasteiger partial charge in [0.25, 0.3) is 0 Å². The minimum absolute atomic E-state index is 0.312. The van der Waals surface area contributed by atoms with Crippen LogP contribution in [0, 0.1) is 5.92 Å². The molecule has 0 radical (unpaired) electrons. The number of hydrogen-bond acceptors (Lipinski definition) is 7. The Bertz CT molecular complexity index is 610. The summed E-state index contributed by atoms with van der Waals surface area (Å²) in [4.78, 5) is 58.0. The van der Waals surface area contributed by atoms with Gasteiger partial charge in [0.1, 0.15) is 18.1 Å². The van der Waals surface area contributed by atoms with Crippen LogP contribution in [0.5, 0.6) is 0 Å². The van der Waals surface area contributed by atoms with Gasteiger partial charge in [0.15, 0.2) is 0 Å². The molecule has 29 heavy (non-hydrogen) atoms. The number of hydrogen-bond donors (Lipinski definition) is 7. The molecule has 0 saturated heterocycles. The predicted molar refractivity (Wildman–Crippen MR) is 100 cm³/mol. The fourth-order valence-electron chi connectivity index (χ4n) is 2.22. The van der Waals surface area contributed by atoms with Crippen LogP contribution < -0.4 is 21.7 Å². The first-order valence-corrected chi connectivity index (χ1v) is 9.16. The summed E-state index contributed by atoms with van der Waals surface area (Å²) in [6.07, 6.45) is -1.37. The third-order valence-corrected chi connectivity index (χ3v) is 4.32. The molecule has 5 atom stereocenters. The second-order valence-corrected chi connectivity index (χ2v) is 6.75. The van der Waals surface area contributed by atoms with Gasteiger partial charge in [-0.3, -0.25) is 19.2 Å². The summed E-state index contributed by atoms with van der Waals surface area (Å²) in [6, 6.07) is -3.67. The van der Waals surface area contributed by atoms with Gasteiger partial charge in [-0.1, -0.05) is 20.3 Å². The first-order valence-electron chi connectivity index (χ1n) is 9.16. The Morgan fingerprint density at radius 2 is 1.59 bits per heavy atom. The molecule has 0 saturated carbocycles. The van der Waals surface area contributed by atoms with Crippen molar-refractivity contribution < 1.29 is 39.3 Å². The minimum Gasteiger partial charge on any atom is -0.481 e. The molecule has 0 spiro atoms. The van der Waals surface area contributed by atoms with Crippen molar-refractivity contribution in [2.45, 2.75) is 64.3 Å². The zero-order valence-corrected chi connectivity index (χ0v) is 16.7. The maximum Gasteiger partial charge on any atom is 0.326 e. The summed E-state index contributed by atoms with van der Waals surface area (Å²) < 4.78 is 0. The van der Waals surface area contributed by atoms with Gasteiger partial charge in [-0.2, -0.15) is 0 Å². The smallest absolute Gasteiger partial charge is 0.326 e. The maximum absolute atomic E-state index is 12.4. The van der Waals surface area contributed by atoms with E-state index in [0.29, 0.717) is 6.42 Å². The molecule has 0 bridgehead atoms. The number of nitrogens with one attached hydrogen (secondary N) is 3. The van der Waals surface area contributed by atoms with Gasteiger partial charge in [0, 0.05) is 6.42 Å². The van der Waals surface area contributed by atoms with Crippen LogP contribution in [0.1, 0.15) is 40.0 Å². The number of rotatable bonds is 13. The van der Waals surface area contributed by atoms with E-state index >= 15 is 0 Å². The number of carboxylic acid groups (broad SMARTS) is 2. The molecule has 8 N–H and O–H groups in total. The van der Waals surface area contributed by atoms with E-state index in [1.54, 1.807) is 13.8 Å². The summed E-state index contributed by atoms with van der Waals surface area (Å²) in [5.74, 6) is -5.16. The summed E-state index contributed by atoms with van der Waals surface area (Å²) in [5.41, 5.74) is 5.55. The van der Waals surface area contributed by atoms with Crippen molar-refractivity contribution in [2.24, 2.45) is 11.7 Å². The van der Waals surface area contributed by atoms with Crippen molar-refractivity contribution >= 4 is 29.7 Å². The van der Waals surface area contributed by atoms with Crippen LogP contribution in [-0.2, 0) is 24.0 Å². The molecule has 3 amide bonds. The molecule has 0 aliphatic carbocycles. The lowest BCUT2D eigenvalue weighted by atomic mass is 9.97. The largest absolute Gasteiger partial charge is 0.481 e. The second-order valence-electron chi connectivity index (χ2n) is 6.75. The number of nitrogens with two attached hydrogens (primary N) is 1. The van der Waals surface area contributed by atoms with Gasteiger partial charge in [-0.25, -0.2) is 4.79 Å². The lowest BCUT2D eigenvalue weighted by Crippen LogP contribution is -2.57. The number of carbonyl (C=O) groups excluding carboxylic acids is 3. The number of carboxylic acids is 2. The Labute approximate surface area is 168 Å². The van der Waals surface area contributed by atoms with Gasteiger partial charge < -0.3 is 37.0 Å². The van der Waals surface area contributed by atoms with E-state index in [0.717, 1.165) is 0 Å². The highest BCUT2D eigenvalue weighted by molar-refractivity contribution is 5.92. The zero-order chi connectivity index (χ0) is 22.7. The van der Waals surface area contributed by atoms with E-state index in [2.05, 4.69) is 16.0 Å². The van der Waals surface area contributed by atoms with E-state index in [-0.39, 0.29) is 12.3 Å². The molecule has 5 unspecified atom stereocenters. The molecule has 0 fully saturated rings. The quantitative estimate of drug-likeness (QED) is 0.172. The molecule has 12 heteroatoms. The third-order valence-electron chi connectivity index (χ3n) is 4.32. The Morgan fingerprint density at radius 3 is 2.03 bits per heavy atom. The minimum atomic E-state index is -1.41. The van der Waals surface area contributed by atoms with E-state index in [1.165, 1.54) is 6.92 Å². The SMILES string of the molecule is CCC(C)C(NC(=O)C(N)C(C)O)C(=O)NCC(=O)NC(CCC(=O)O)C(=O)O. The number of aliphatic hydroxyl groups excluding tert-OH is 1. The summed E-state index contributed by atoms with van der Waals surface area (Å²) in [5, 5.41) is 33.9. The first-order chi connectivity index (χ1) is 13.4. The lowest BCUT2D eigenvalue weighted by molar-refractivity contribution is -0.143. The lowest BCUT2D eigenvalue weighted by Gasteiger charge is -2.25. The zero-order valence-electron chi connectivity index (χ0n) is 16.7. The predicted octanol–water partition coefficient (Wildman–Crippen LogP) is -2.22. The van der Waals surface area contributed by atoms with E-state index in [1.807, 2.05) is 0 Å². The second kappa shape index (κ2) is 12.7. The molecule has 0 aromatic heterocycles. The van der Waals surface area contributed by atoms with Gasteiger partial charge in [-0.05, 0) is 19.3 Å². The molecular weight excluding hydrogens is 388 g/mol. The molecule has 0 rings (SSSR count). The molecule has 166 valence electrons. The molecular formula is C17H30N4O8. The van der Waals surface area contributed by atoms with Crippen LogP contribution in [0.3, 0.4) is 0 Å². The number of amides is 3. The topological polar surface area (TPSA) is 208 Å². The maximum atomic E-state index is 12.4. The molecule has 0 aliphatic rings. The van der Waals surface area contributed by atoms with Gasteiger partial charge in [0.05, 0.1) is 12.6 Å². The van der Waals surface area contributed by atoms with Crippen molar-refractivity contribution in [1.82, 2.24) is 16.0 Å². The average molecular weight is 418 g/mol. The van der Waals surface area contributed by atoms with Gasteiger partial charge in [0.2, 0.25) is 17.7 Å². The normalized spacial score (nSPS) is 15.9.